The number of benzene rings is 1. The molecule has 3 N–H and O–H groups in total. The van der Waals surface area contributed by atoms with Crippen LogP contribution in [0.5, 0.6) is 0 Å². The molecule has 0 unspecified atom stereocenters. The van der Waals surface area contributed by atoms with Crippen molar-refractivity contribution >= 4 is 22.8 Å². The van der Waals surface area contributed by atoms with Gasteiger partial charge in [-0.05, 0) is 43.1 Å². The molecule has 3 aromatic rings. The van der Waals surface area contributed by atoms with Gasteiger partial charge in [0, 0.05) is 24.1 Å². The van der Waals surface area contributed by atoms with Crippen molar-refractivity contribution in [2.24, 2.45) is 7.05 Å². The molecule has 1 amide bonds. The molecular formula is C17H19FN6O. The smallest absolute Gasteiger partial charge is 0.231 e. The number of anilines is 1. The van der Waals surface area contributed by atoms with Gasteiger partial charge in [0.05, 0.1) is 12.5 Å². The number of amides is 1. The Morgan fingerprint density at radius 2 is 2.36 bits per heavy atom. The third kappa shape index (κ3) is 3.12. The van der Waals surface area contributed by atoms with E-state index < -0.39 is 0 Å². The van der Waals surface area contributed by atoms with E-state index in [1.165, 1.54) is 12.1 Å². The Morgan fingerprint density at radius 1 is 1.48 bits per heavy atom. The van der Waals surface area contributed by atoms with Crippen molar-refractivity contribution in [2.45, 2.75) is 25.3 Å². The lowest BCUT2D eigenvalue weighted by atomic mass is 10.1. The SMILES string of the molecule is Cn1nc([C@H]2CCCN2)nc1NC(=O)Cc1c[nH]c2ccc(F)cc12. The summed E-state index contributed by atoms with van der Waals surface area (Å²) in [6.45, 7) is 0.960. The van der Waals surface area contributed by atoms with Crippen LogP contribution in [0.4, 0.5) is 10.3 Å². The van der Waals surface area contributed by atoms with E-state index in [2.05, 4.69) is 25.7 Å². The van der Waals surface area contributed by atoms with Gasteiger partial charge in [-0.1, -0.05) is 0 Å². The minimum Gasteiger partial charge on any atom is -0.361 e. The lowest BCUT2D eigenvalue weighted by molar-refractivity contribution is -0.115. The van der Waals surface area contributed by atoms with E-state index in [4.69, 9.17) is 0 Å². The maximum absolute atomic E-state index is 13.4. The van der Waals surface area contributed by atoms with Crippen molar-refractivity contribution in [2.75, 3.05) is 11.9 Å². The number of fused-ring (bicyclic) bond motifs is 1. The first kappa shape index (κ1) is 15.8. The average molecular weight is 342 g/mol. The van der Waals surface area contributed by atoms with Crippen LogP contribution in [-0.2, 0) is 18.3 Å². The lowest BCUT2D eigenvalue weighted by Gasteiger charge is -2.03. The van der Waals surface area contributed by atoms with Gasteiger partial charge in [-0.3, -0.25) is 10.1 Å². The minimum absolute atomic E-state index is 0.132. The molecular weight excluding hydrogens is 323 g/mol. The second-order valence-electron chi connectivity index (χ2n) is 6.29. The molecule has 4 rings (SSSR count). The fraction of sp³-hybridized carbons (Fsp3) is 0.353. The Morgan fingerprint density at radius 3 is 3.16 bits per heavy atom. The quantitative estimate of drug-likeness (QED) is 0.677. The number of aromatic amines is 1. The summed E-state index contributed by atoms with van der Waals surface area (Å²) in [4.78, 5) is 19.9. The summed E-state index contributed by atoms with van der Waals surface area (Å²) in [5.41, 5.74) is 1.55. The molecule has 3 heterocycles. The number of hydrogen-bond donors (Lipinski definition) is 3. The predicted octanol–water partition coefficient (Wildman–Crippen LogP) is 2.04. The number of aromatic nitrogens is 4. The molecule has 1 aliphatic heterocycles. The Bertz CT molecular complexity index is 925. The van der Waals surface area contributed by atoms with Crippen LogP contribution in [0.3, 0.4) is 0 Å². The van der Waals surface area contributed by atoms with Crippen molar-refractivity contribution < 1.29 is 9.18 Å². The summed E-state index contributed by atoms with van der Waals surface area (Å²) in [7, 11) is 1.75. The average Bonchev–Trinajstić information content (AvgIpc) is 3.29. The van der Waals surface area contributed by atoms with Crippen LogP contribution in [0.25, 0.3) is 10.9 Å². The summed E-state index contributed by atoms with van der Waals surface area (Å²) in [5, 5.41) is 11.2. The molecule has 0 saturated carbocycles. The number of halogens is 1. The molecule has 1 aromatic carbocycles. The van der Waals surface area contributed by atoms with Gasteiger partial charge in [-0.15, -0.1) is 0 Å². The monoisotopic (exact) mass is 342 g/mol. The maximum atomic E-state index is 13.4. The van der Waals surface area contributed by atoms with Crippen LogP contribution in [0.2, 0.25) is 0 Å². The van der Waals surface area contributed by atoms with E-state index in [0.29, 0.717) is 17.2 Å². The largest absolute Gasteiger partial charge is 0.361 e. The van der Waals surface area contributed by atoms with Crippen LogP contribution in [-0.4, -0.2) is 32.2 Å². The normalized spacial score (nSPS) is 17.3. The van der Waals surface area contributed by atoms with Gasteiger partial charge in [0.1, 0.15) is 5.82 Å². The number of nitrogens with one attached hydrogen (secondary N) is 3. The molecule has 2 aromatic heterocycles. The zero-order valence-corrected chi connectivity index (χ0v) is 13.8. The molecule has 1 fully saturated rings. The van der Waals surface area contributed by atoms with Crippen molar-refractivity contribution in [3.05, 3.63) is 41.6 Å². The van der Waals surface area contributed by atoms with E-state index >= 15 is 0 Å². The summed E-state index contributed by atoms with van der Waals surface area (Å²) in [6, 6.07) is 4.63. The summed E-state index contributed by atoms with van der Waals surface area (Å²) >= 11 is 0. The molecule has 25 heavy (non-hydrogen) atoms. The number of carbonyl (C=O) groups is 1. The molecule has 8 heteroatoms. The summed E-state index contributed by atoms with van der Waals surface area (Å²) in [6.07, 6.45) is 3.96. The highest BCUT2D eigenvalue weighted by Crippen LogP contribution is 2.22. The van der Waals surface area contributed by atoms with Crippen LogP contribution < -0.4 is 10.6 Å². The van der Waals surface area contributed by atoms with E-state index in [0.717, 1.165) is 30.5 Å². The molecule has 0 spiro atoms. The zero-order valence-electron chi connectivity index (χ0n) is 13.8. The third-order valence-corrected chi connectivity index (χ3v) is 4.48. The Hall–Kier alpha value is -2.74. The van der Waals surface area contributed by atoms with Crippen molar-refractivity contribution in [3.8, 4) is 0 Å². The third-order valence-electron chi connectivity index (χ3n) is 4.48. The van der Waals surface area contributed by atoms with E-state index in [-0.39, 0.29) is 24.2 Å². The van der Waals surface area contributed by atoms with Crippen molar-refractivity contribution in [1.29, 1.82) is 0 Å². The number of hydrogen-bond acceptors (Lipinski definition) is 4. The van der Waals surface area contributed by atoms with Gasteiger partial charge >= 0.3 is 0 Å². The Labute approximate surface area is 143 Å². The maximum Gasteiger partial charge on any atom is 0.231 e. The highest BCUT2D eigenvalue weighted by atomic mass is 19.1. The molecule has 1 atom stereocenters. The van der Waals surface area contributed by atoms with Crippen LogP contribution in [0.1, 0.15) is 30.3 Å². The van der Waals surface area contributed by atoms with E-state index in [1.807, 2.05) is 0 Å². The second-order valence-corrected chi connectivity index (χ2v) is 6.29. The van der Waals surface area contributed by atoms with Gasteiger partial charge in [-0.2, -0.15) is 10.1 Å². The van der Waals surface area contributed by atoms with Gasteiger partial charge in [0.15, 0.2) is 5.82 Å². The number of rotatable bonds is 4. The number of nitrogens with zero attached hydrogens (tertiary/aromatic N) is 3. The number of carbonyl (C=O) groups excluding carboxylic acids is 1. The molecule has 130 valence electrons. The molecule has 1 aliphatic rings. The molecule has 0 aliphatic carbocycles. The number of aryl methyl sites for hydroxylation is 1. The van der Waals surface area contributed by atoms with E-state index in [9.17, 15) is 9.18 Å². The van der Waals surface area contributed by atoms with Gasteiger partial charge in [0.2, 0.25) is 11.9 Å². The van der Waals surface area contributed by atoms with Gasteiger partial charge in [0.25, 0.3) is 0 Å². The standard InChI is InChI=1S/C17H19FN6O/c1-24-17(22-16(23-24)14-3-2-6-19-14)21-15(25)7-10-9-20-13-5-4-11(18)8-12(10)13/h4-5,8-9,14,19-20H,2-3,6-7H2,1H3,(H,21,22,23,25)/t14-/m1/s1. The fourth-order valence-electron chi connectivity index (χ4n) is 3.20. The lowest BCUT2D eigenvalue weighted by Crippen LogP contribution is -2.17. The summed E-state index contributed by atoms with van der Waals surface area (Å²) < 4.78 is 15.0. The first-order valence-electron chi connectivity index (χ1n) is 8.30. The zero-order chi connectivity index (χ0) is 17.4. The first-order valence-corrected chi connectivity index (χ1v) is 8.30. The van der Waals surface area contributed by atoms with Crippen LogP contribution in [0.15, 0.2) is 24.4 Å². The first-order chi connectivity index (χ1) is 12.1. The topological polar surface area (TPSA) is 87.6 Å². The molecule has 7 nitrogen and oxygen atoms in total. The van der Waals surface area contributed by atoms with Crippen LogP contribution >= 0.6 is 0 Å². The minimum atomic E-state index is -0.323. The Balaban J connectivity index is 1.49. The fourth-order valence-corrected chi connectivity index (χ4v) is 3.20. The number of H-pyrrole nitrogens is 1. The van der Waals surface area contributed by atoms with Crippen LogP contribution in [0, 0.1) is 5.82 Å². The highest BCUT2D eigenvalue weighted by Gasteiger charge is 2.22. The molecule has 0 radical (unpaired) electrons. The highest BCUT2D eigenvalue weighted by molar-refractivity contribution is 5.94. The molecule has 1 saturated heterocycles. The van der Waals surface area contributed by atoms with Crippen molar-refractivity contribution in [1.82, 2.24) is 25.1 Å². The molecule has 0 bridgehead atoms. The Kier molecular flexibility index (Phi) is 3.96. The predicted molar refractivity (Wildman–Crippen MR) is 91.6 cm³/mol. The van der Waals surface area contributed by atoms with Gasteiger partial charge in [-0.25, -0.2) is 9.07 Å². The van der Waals surface area contributed by atoms with Gasteiger partial charge < -0.3 is 10.3 Å². The van der Waals surface area contributed by atoms with E-state index in [1.54, 1.807) is 24.0 Å². The summed E-state index contributed by atoms with van der Waals surface area (Å²) in [5.74, 6) is 0.576. The van der Waals surface area contributed by atoms with Crippen molar-refractivity contribution in [3.63, 3.8) is 0 Å². The second kappa shape index (κ2) is 6.29.